The third-order valence-electron chi connectivity index (χ3n) is 27.6. The van der Waals surface area contributed by atoms with E-state index in [0.29, 0.717) is 22.7 Å². The highest BCUT2D eigenvalue weighted by Gasteiger charge is 2.43. The van der Waals surface area contributed by atoms with Crippen LogP contribution in [0.25, 0.3) is 151 Å². The average Bonchev–Trinajstić information content (AvgIpc) is 0.847. The molecule has 9 heteroatoms. The van der Waals surface area contributed by atoms with Gasteiger partial charge in [-0.25, -0.2) is 19.9 Å². The third kappa shape index (κ3) is 15.7. The quantitative estimate of drug-likeness (QED) is 0.0558. The van der Waals surface area contributed by atoms with E-state index in [1.165, 1.54) is 196 Å². The van der Waals surface area contributed by atoms with Crippen molar-refractivity contribution in [1.82, 2.24) is 4.98 Å². The summed E-state index contributed by atoms with van der Waals surface area (Å²) in [5, 5.41) is 32.3. The van der Waals surface area contributed by atoms with E-state index in [4.69, 9.17) is 26.0 Å². The Hall–Kier alpha value is -12.9. The zero-order valence-corrected chi connectivity index (χ0v) is 78.0. The standard InChI is InChI=1S/C36H44.C34H22.C26H26N2O2S.C23H21N3O/c1-33(2,3)23-13-21-14-24(34(4,5)6)19-29-30-20-26(36(10,11)12)16-22-15-25(35(7,8)9)18-28(32(22)30)27(17-23)31(21)29;1-3-11-25-21-27(19-17-23(25)9-1)33-29-13-5-7-15-31(29)34(32-16-8-6-14-30(32)33)28-20-18-24-10-2-4-12-26(24)22-28;1-25(2)9-11-28-12-10-26(3,4)20-21(28)17(25)14-15-13-16(24(29)30-22(15)20)23-27-18-7-5-6-8-19(18)31-23;1-16-11-20(22(15-24)25-2)14-21(27-16)8-7-17-12-18-5-3-9-26-10-4-6-19(13-17)23(18)26/h13-20H,1-12H3;1-22H;5-8,13-14H,9-12H2,1-4H3;7-8,11-14H,3-6,9-10H2,1H3/b;;;8-7+,22-20-. The van der Waals surface area contributed by atoms with E-state index in [-0.39, 0.29) is 43.8 Å². The second-order valence-electron chi connectivity index (χ2n) is 41.7. The number of hydrogen-bond acceptors (Lipinski definition) is 8. The van der Waals surface area contributed by atoms with Gasteiger partial charge in [-0.2, -0.15) is 0 Å². The predicted octanol–water partition coefficient (Wildman–Crippen LogP) is 31.7. The van der Waals surface area contributed by atoms with Gasteiger partial charge in [0, 0.05) is 48.5 Å². The first kappa shape index (κ1) is 84.6. The van der Waals surface area contributed by atoms with Crippen molar-refractivity contribution in [2.45, 2.75) is 189 Å². The molecule has 0 fully saturated rings. The van der Waals surface area contributed by atoms with E-state index in [1.807, 2.05) is 49.4 Å². The Morgan fingerprint density at radius 2 is 0.938 bits per heavy atom. The molecule has 0 radical (unpaired) electrons. The van der Waals surface area contributed by atoms with Gasteiger partial charge in [0.2, 0.25) is 0 Å². The molecule has 8 nitrogen and oxygen atoms in total. The fraction of sp³-hybridized carbons (Fsp3) is 0.277. The van der Waals surface area contributed by atoms with Crippen molar-refractivity contribution in [3.8, 4) is 38.9 Å². The molecule has 5 aliphatic rings. The summed E-state index contributed by atoms with van der Waals surface area (Å²) < 4.78 is 12.9. The Bertz CT molecular complexity index is 7200. The first-order chi connectivity index (χ1) is 61.1. The second-order valence-corrected chi connectivity index (χ2v) is 42.7. The number of allylic oxidation sites excluding steroid dienone is 6. The molecule has 0 unspecified atom stereocenters. The molecule has 0 saturated carbocycles. The molecule has 0 aliphatic carbocycles. The molecule has 128 heavy (non-hydrogen) atoms. The van der Waals surface area contributed by atoms with Crippen LogP contribution in [-0.4, -0.2) is 31.2 Å². The monoisotopic (exact) mass is 1690 g/mol. The van der Waals surface area contributed by atoms with Crippen LogP contribution in [0, 0.1) is 17.9 Å². The van der Waals surface area contributed by atoms with Crippen LogP contribution >= 0.6 is 11.3 Å². The maximum absolute atomic E-state index is 13.2. The van der Waals surface area contributed by atoms with Gasteiger partial charge in [0.15, 0.2) is 0 Å². The fourth-order valence-electron chi connectivity index (χ4n) is 20.5. The number of nitrogens with zero attached hydrogens (tertiary/aromatic N) is 5. The predicted molar refractivity (Wildman–Crippen MR) is 545 cm³/mol. The summed E-state index contributed by atoms with van der Waals surface area (Å²) in [4.78, 5) is 26.2. The minimum absolute atomic E-state index is 0.0408. The number of nitriles is 1. The smallest absolute Gasteiger partial charge is 0.346 e. The van der Waals surface area contributed by atoms with E-state index in [1.54, 1.807) is 23.5 Å². The zero-order valence-electron chi connectivity index (χ0n) is 77.2. The van der Waals surface area contributed by atoms with Crippen LogP contribution in [0.3, 0.4) is 0 Å². The number of thiazole rings is 1. The molecule has 0 saturated heterocycles. The van der Waals surface area contributed by atoms with Gasteiger partial charge in [0.25, 0.3) is 5.70 Å². The Balaban J connectivity index is 0.000000112. The zero-order chi connectivity index (χ0) is 89.4. The van der Waals surface area contributed by atoms with E-state index < -0.39 is 0 Å². The lowest BCUT2D eigenvalue weighted by molar-refractivity contribution is 0.318. The van der Waals surface area contributed by atoms with Crippen LogP contribution in [-0.2, 0) is 50.1 Å². The van der Waals surface area contributed by atoms with Crippen LogP contribution in [0.4, 0.5) is 11.4 Å². The number of ether oxygens (including phenoxy) is 1. The SMILES string of the molecule is CC(C)(C)c1cc2cc(C(C)(C)C)cc3c4cc(C(C)(C)C)cc5cc(C(C)(C)C)cc(c(c1)c23)c54.CC1(C)CCN2CCC(C)(C)c3c2c1cc1cc(-c2nc4ccccc4s2)c(=O)oc31.[C-]#[N+]/C(C#N)=C1/C=C(C)OC(/C=C/c2cc3c4c(c2)CCCN4CCC3)=C1.c1ccc2cc(-c3c4ccccc4c(-c4ccc5ccccc5c4)c4ccccc34)ccc2c1. The normalized spacial score (nSPS) is 15.9. The summed E-state index contributed by atoms with van der Waals surface area (Å²) in [5.74, 6) is 1.33. The van der Waals surface area contributed by atoms with E-state index in [2.05, 4.69) is 332 Å². The number of hydrogen-bond donors (Lipinski definition) is 0. The molecule has 2 aromatic heterocycles. The van der Waals surface area contributed by atoms with Gasteiger partial charge in [-0.3, -0.25) is 0 Å². The molecule has 5 aliphatic heterocycles. The van der Waals surface area contributed by atoms with Gasteiger partial charge in [0.05, 0.1) is 28.4 Å². The third-order valence-corrected chi connectivity index (χ3v) is 28.7. The summed E-state index contributed by atoms with van der Waals surface area (Å²) in [5.41, 5.74) is 23.2. The minimum Gasteiger partial charge on any atom is -0.462 e. The van der Waals surface area contributed by atoms with Crippen LogP contribution in [0.15, 0.2) is 281 Å². The molecule has 17 aromatic rings. The lowest BCUT2D eigenvalue weighted by atomic mass is 9.69. The molecule has 0 atom stereocenters. The number of rotatable bonds is 5. The first-order valence-corrected chi connectivity index (χ1v) is 46.6. The number of benzene rings is 15. The number of aromatic nitrogens is 1. The number of aryl methyl sites for hydroxylation is 2. The summed E-state index contributed by atoms with van der Waals surface area (Å²) >= 11 is 1.54. The van der Waals surface area contributed by atoms with Crippen molar-refractivity contribution in [3.63, 3.8) is 0 Å². The number of fused-ring (bicyclic) bond motifs is 9. The van der Waals surface area contributed by atoms with Gasteiger partial charge in [-0.1, -0.05) is 275 Å². The van der Waals surface area contributed by atoms with E-state index in [0.717, 1.165) is 65.0 Å². The molecule has 0 bridgehead atoms. The Morgan fingerprint density at radius 3 is 1.41 bits per heavy atom. The van der Waals surface area contributed by atoms with Gasteiger partial charge in [-0.15, -0.1) is 11.3 Å². The van der Waals surface area contributed by atoms with Crippen LogP contribution in [0.1, 0.15) is 193 Å². The van der Waals surface area contributed by atoms with Crippen molar-refractivity contribution < 1.29 is 9.15 Å². The molecular weight excluding hydrogens is 1580 g/mol. The van der Waals surface area contributed by atoms with Crippen LogP contribution in [0.5, 0.6) is 0 Å². The van der Waals surface area contributed by atoms with Crippen molar-refractivity contribution in [2.24, 2.45) is 0 Å². The Morgan fingerprint density at radius 1 is 0.484 bits per heavy atom. The average molecular weight is 1690 g/mol. The first-order valence-electron chi connectivity index (χ1n) is 45.8. The fourth-order valence-corrected chi connectivity index (χ4v) is 21.4. The molecule has 0 spiro atoms. The molecule has 22 rings (SSSR count). The Labute approximate surface area is 757 Å². The number of anilines is 2. The van der Waals surface area contributed by atoms with Gasteiger partial charge >= 0.3 is 5.63 Å². The summed E-state index contributed by atoms with van der Waals surface area (Å²) in [7, 11) is 0. The largest absolute Gasteiger partial charge is 0.462 e. The van der Waals surface area contributed by atoms with Crippen molar-refractivity contribution >= 4 is 136 Å². The van der Waals surface area contributed by atoms with Gasteiger partial charge < -0.3 is 19.0 Å². The Kier molecular flexibility index (Phi) is 21.2. The molecule has 7 heterocycles. The van der Waals surface area contributed by atoms with Crippen molar-refractivity contribution in [2.75, 3.05) is 36.0 Å². The lowest BCUT2D eigenvalue weighted by Crippen LogP contribution is -2.44. The van der Waals surface area contributed by atoms with Crippen molar-refractivity contribution in [1.29, 1.82) is 5.26 Å². The number of para-hydroxylation sites is 1. The maximum Gasteiger partial charge on any atom is 0.346 e. The summed E-state index contributed by atoms with van der Waals surface area (Å²) in [6.45, 7) is 50.7. The van der Waals surface area contributed by atoms with Crippen molar-refractivity contribution in [3.05, 3.63) is 343 Å². The summed E-state index contributed by atoms with van der Waals surface area (Å²) in [6.07, 6.45) is 14.4. The molecule has 638 valence electrons. The van der Waals surface area contributed by atoms with Crippen LogP contribution in [0.2, 0.25) is 0 Å². The minimum atomic E-state index is -0.300. The molecule has 15 aromatic carbocycles. The highest BCUT2D eigenvalue weighted by Crippen LogP contribution is 2.54. The summed E-state index contributed by atoms with van der Waals surface area (Å²) in [6, 6.07) is 87.2. The maximum atomic E-state index is 13.2. The highest BCUT2D eigenvalue weighted by atomic mass is 32.1. The highest BCUT2D eigenvalue weighted by molar-refractivity contribution is 7.21. The molecular formula is C119H113N5O3S. The molecule has 0 amide bonds. The second kappa shape index (κ2) is 32.1. The molecule has 0 N–H and O–H groups in total. The van der Waals surface area contributed by atoms with Gasteiger partial charge in [0.1, 0.15) is 22.1 Å². The topological polar surface area (TPSA) is 87.0 Å². The van der Waals surface area contributed by atoms with E-state index >= 15 is 0 Å². The van der Waals surface area contributed by atoms with Crippen LogP contribution < -0.4 is 15.4 Å². The lowest BCUT2D eigenvalue weighted by Gasteiger charge is -2.48. The van der Waals surface area contributed by atoms with Gasteiger partial charge in [-0.05, 0) is 327 Å². The van der Waals surface area contributed by atoms with E-state index in [9.17, 15) is 4.79 Å².